The molecule has 114 valence electrons. The van der Waals surface area contributed by atoms with E-state index in [2.05, 4.69) is 5.32 Å². The molecule has 0 aromatic heterocycles. The molecule has 0 spiro atoms. The number of nitrogens with one attached hydrogen (secondary N) is 1. The van der Waals surface area contributed by atoms with Crippen LogP contribution in [0.4, 0.5) is 0 Å². The quantitative estimate of drug-likeness (QED) is 0.821. The van der Waals surface area contributed by atoms with Crippen LogP contribution in [0.1, 0.15) is 15.9 Å². The summed E-state index contributed by atoms with van der Waals surface area (Å²) in [6.45, 7) is 0.155. The molecule has 5 nitrogen and oxygen atoms in total. The molecule has 0 fully saturated rings. The second kappa shape index (κ2) is 7.83. The first-order chi connectivity index (χ1) is 10.6. The average molecular weight is 299 g/mol. The van der Waals surface area contributed by atoms with Gasteiger partial charge in [0.05, 0.1) is 6.61 Å². The number of carbonyl (C=O) groups excluding carboxylic acids is 1. The molecule has 0 unspecified atom stereocenters. The normalized spacial score (nSPS) is 10.0. The van der Waals surface area contributed by atoms with Crippen LogP contribution in [-0.4, -0.2) is 30.1 Å². The fourth-order valence-corrected chi connectivity index (χ4v) is 1.89. The maximum Gasteiger partial charge on any atom is 0.322 e. The van der Waals surface area contributed by atoms with E-state index in [9.17, 15) is 9.59 Å². The Bertz CT molecular complexity index is 623. The lowest BCUT2D eigenvalue weighted by atomic mass is 10.2. The van der Waals surface area contributed by atoms with Crippen molar-refractivity contribution in [3.63, 3.8) is 0 Å². The molecule has 2 aromatic rings. The molecule has 2 rings (SSSR count). The van der Waals surface area contributed by atoms with E-state index in [0.717, 1.165) is 6.42 Å². The Labute approximate surface area is 128 Å². The fraction of sp³-hybridized carbons (Fsp3) is 0.176. The van der Waals surface area contributed by atoms with Crippen LogP contribution in [0.5, 0.6) is 5.75 Å². The van der Waals surface area contributed by atoms with Crippen molar-refractivity contribution in [1.82, 2.24) is 5.32 Å². The van der Waals surface area contributed by atoms with Gasteiger partial charge in [0.1, 0.15) is 12.3 Å². The lowest BCUT2D eigenvalue weighted by Crippen LogP contribution is -2.29. The first-order valence-corrected chi connectivity index (χ1v) is 6.92. The first kappa shape index (κ1) is 15.6. The summed E-state index contributed by atoms with van der Waals surface area (Å²) in [4.78, 5) is 22.0. The van der Waals surface area contributed by atoms with Crippen molar-refractivity contribution in [2.75, 3.05) is 13.2 Å². The maximum absolute atomic E-state index is 11.6. The van der Waals surface area contributed by atoms with E-state index < -0.39 is 18.4 Å². The highest BCUT2D eigenvalue weighted by molar-refractivity contribution is 5.95. The molecule has 0 atom stereocenters. The molecule has 0 saturated carbocycles. The van der Waals surface area contributed by atoms with E-state index in [0.29, 0.717) is 17.9 Å². The lowest BCUT2D eigenvalue weighted by Gasteiger charge is -2.07. The van der Waals surface area contributed by atoms with Gasteiger partial charge in [-0.1, -0.05) is 30.3 Å². The zero-order valence-electron chi connectivity index (χ0n) is 12.0. The molecule has 0 aliphatic heterocycles. The van der Waals surface area contributed by atoms with Crippen LogP contribution in [0, 0.1) is 0 Å². The Hall–Kier alpha value is -2.82. The number of hydrogen-bond donors (Lipinski definition) is 2. The van der Waals surface area contributed by atoms with Gasteiger partial charge in [0.2, 0.25) is 0 Å². The Morgan fingerprint density at radius 3 is 2.32 bits per heavy atom. The highest BCUT2D eigenvalue weighted by atomic mass is 16.5. The molecular formula is C17H17NO4. The number of amides is 1. The minimum Gasteiger partial charge on any atom is -0.493 e. The zero-order chi connectivity index (χ0) is 15.8. The number of ether oxygens (including phenoxy) is 1. The van der Waals surface area contributed by atoms with E-state index in [4.69, 9.17) is 9.84 Å². The van der Waals surface area contributed by atoms with Crippen LogP contribution in [-0.2, 0) is 11.2 Å². The summed E-state index contributed by atoms with van der Waals surface area (Å²) in [6, 6.07) is 16.6. The van der Waals surface area contributed by atoms with Crippen molar-refractivity contribution >= 4 is 11.9 Å². The Morgan fingerprint density at radius 1 is 1.00 bits per heavy atom. The molecule has 0 radical (unpaired) electrons. The van der Waals surface area contributed by atoms with Crippen molar-refractivity contribution in [3.05, 3.63) is 65.7 Å². The fourth-order valence-electron chi connectivity index (χ4n) is 1.89. The number of hydrogen-bond acceptors (Lipinski definition) is 3. The summed E-state index contributed by atoms with van der Waals surface area (Å²) in [5.74, 6) is -0.821. The Balaban J connectivity index is 1.81. The summed E-state index contributed by atoms with van der Waals surface area (Å²) < 4.78 is 5.62. The second-order valence-corrected chi connectivity index (χ2v) is 4.68. The summed E-state index contributed by atoms with van der Waals surface area (Å²) in [6.07, 6.45) is 0.807. The topological polar surface area (TPSA) is 75.6 Å². The van der Waals surface area contributed by atoms with E-state index in [-0.39, 0.29) is 0 Å². The lowest BCUT2D eigenvalue weighted by molar-refractivity contribution is -0.135. The molecule has 0 heterocycles. The van der Waals surface area contributed by atoms with Gasteiger partial charge in [-0.15, -0.1) is 0 Å². The molecule has 0 aliphatic carbocycles. The average Bonchev–Trinajstić information content (AvgIpc) is 2.54. The van der Waals surface area contributed by atoms with E-state index >= 15 is 0 Å². The van der Waals surface area contributed by atoms with Crippen LogP contribution in [0.2, 0.25) is 0 Å². The number of benzene rings is 2. The number of rotatable bonds is 7. The third-order valence-electron chi connectivity index (χ3n) is 3.02. The predicted molar refractivity (Wildman–Crippen MR) is 82.1 cm³/mol. The minimum absolute atomic E-state index is 0.395. The number of carboxylic acid groups (broad SMARTS) is 1. The van der Waals surface area contributed by atoms with Crippen LogP contribution in [0.25, 0.3) is 0 Å². The number of carboxylic acids is 1. The molecule has 1 amide bonds. The minimum atomic E-state index is -1.07. The van der Waals surface area contributed by atoms with Crippen molar-refractivity contribution in [2.45, 2.75) is 6.42 Å². The largest absolute Gasteiger partial charge is 0.493 e. The molecule has 22 heavy (non-hydrogen) atoms. The molecule has 2 aromatic carbocycles. The smallest absolute Gasteiger partial charge is 0.322 e. The van der Waals surface area contributed by atoms with Gasteiger partial charge in [0, 0.05) is 12.0 Å². The zero-order valence-corrected chi connectivity index (χ0v) is 12.0. The molecule has 2 N–H and O–H groups in total. The van der Waals surface area contributed by atoms with Crippen molar-refractivity contribution in [1.29, 1.82) is 0 Å². The Morgan fingerprint density at radius 2 is 1.68 bits per heavy atom. The summed E-state index contributed by atoms with van der Waals surface area (Å²) in [5.41, 5.74) is 1.60. The van der Waals surface area contributed by atoms with E-state index in [1.165, 1.54) is 5.56 Å². The SMILES string of the molecule is O=C(O)CNC(=O)c1ccc(OCCc2ccccc2)cc1. The van der Waals surface area contributed by atoms with Crippen LogP contribution in [0.3, 0.4) is 0 Å². The highest BCUT2D eigenvalue weighted by Crippen LogP contribution is 2.12. The van der Waals surface area contributed by atoms with Gasteiger partial charge >= 0.3 is 5.97 Å². The van der Waals surface area contributed by atoms with Crippen molar-refractivity contribution in [3.8, 4) is 5.75 Å². The second-order valence-electron chi connectivity index (χ2n) is 4.68. The van der Waals surface area contributed by atoms with Crippen molar-refractivity contribution < 1.29 is 19.4 Å². The summed E-state index contributed by atoms with van der Waals surface area (Å²) in [7, 11) is 0. The van der Waals surface area contributed by atoms with Crippen LogP contribution in [0.15, 0.2) is 54.6 Å². The molecule has 0 bridgehead atoms. The Kier molecular flexibility index (Phi) is 5.54. The van der Waals surface area contributed by atoms with E-state index in [1.807, 2.05) is 30.3 Å². The maximum atomic E-state index is 11.6. The highest BCUT2D eigenvalue weighted by Gasteiger charge is 2.07. The van der Waals surface area contributed by atoms with Crippen LogP contribution >= 0.6 is 0 Å². The van der Waals surface area contributed by atoms with Gasteiger partial charge in [-0.05, 0) is 29.8 Å². The van der Waals surface area contributed by atoms with Gasteiger partial charge in [0.25, 0.3) is 5.91 Å². The molecule has 5 heteroatoms. The number of carbonyl (C=O) groups is 2. The van der Waals surface area contributed by atoms with Gasteiger partial charge in [-0.25, -0.2) is 0 Å². The van der Waals surface area contributed by atoms with Gasteiger partial charge in [-0.3, -0.25) is 9.59 Å². The summed E-state index contributed by atoms with van der Waals surface area (Å²) >= 11 is 0. The monoisotopic (exact) mass is 299 g/mol. The first-order valence-electron chi connectivity index (χ1n) is 6.92. The van der Waals surface area contributed by atoms with Gasteiger partial charge in [-0.2, -0.15) is 0 Å². The third kappa shape index (κ3) is 4.94. The van der Waals surface area contributed by atoms with Crippen LogP contribution < -0.4 is 10.1 Å². The summed E-state index contributed by atoms with van der Waals surface area (Å²) in [5, 5.41) is 10.8. The van der Waals surface area contributed by atoms with Gasteiger partial charge < -0.3 is 15.2 Å². The van der Waals surface area contributed by atoms with Crippen molar-refractivity contribution in [2.24, 2.45) is 0 Å². The predicted octanol–water partition coefficient (Wildman–Crippen LogP) is 2.12. The van der Waals surface area contributed by atoms with E-state index in [1.54, 1.807) is 24.3 Å². The molecular weight excluding hydrogens is 282 g/mol. The standard InChI is InChI=1S/C17H17NO4/c19-16(20)12-18-17(21)14-6-8-15(9-7-14)22-11-10-13-4-2-1-3-5-13/h1-9H,10-12H2,(H,18,21)(H,19,20). The molecule has 0 aliphatic rings. The molecule has 0 saturated heterocycles. The third-order valence-corrected chi connectivity index (χ3v) is 3.02. The number of aliphatic carboxylic acids is 1. The van der Waals surface area contributed by atoms with Gasteiger partial charge in [0.15, 0.2) is 0 Å².